The third kappa shape index (κ3) is 2.78. The predicted molar refractivity (Wildman–Crippen MR) is 54.8 cm³/mol. The Labute approximate surface area is 101 Å². The molecule has 0 aliphatic heterocycles. The predicted octanol–water partition coefficient (Wildman–Crippen LogP) is 3.10. The molecule has 0 bridgehead atoms. The van der Waals surface area contributed by atoms with Crippen LogP contribution in [0.2, 0.25) is 0 Å². The van der Waals surface area contributed by atoms with Gasteiger partial charge in [0, 0.05) is 6.54 Å². The minimum atomic E-state index is -4.73. The van der Waals surface area contributed by atoms with Gasteiger partial charge in [-0.15, -0.1) is 0 Å². The summed E-state index contributed by atoms with van der Waals surface area (Å²) in [6.07, 6.45) is -7.72. The fraction of sp³-hybridized carbons (Fsp3) is 0.375. The highest BCUT2D eigenvalue weighted by Gasteiger charge is 2.35. The highest BCUT2D eigenvalue weighted by atomic mass is 127. The van der Waals surface area contributed by atoms with Crippen LogP contribution in [-0.4, -0.2) is 4.98 Å². The summed E-state index contributed by atoms with van der Waals surface area (Å²) in [5.74, 6) is 0. The highest BCUT2D eigenvalue weighted by Crippen LogP contribution is 2.35. The van der Waals surface area contributed by atoms with E-state index in [1.807, 2.05) is 0 Å². The van der Waals surface area contributed by atoms with Crippen LogP contribution < -0.4 is 5.73 Å². The number of nitrogens with two attached hydrogens (primary N) is 1. The molecule has 2 nitrogen and oxygen atoms in total. The van der Waals surface area contributed by atoms with Crippen LogP contribution in [0.3, 0.4) is 0 Å². The van der Waals surface area contributed by atoms with Crippen molar-refractivity contribution in [3.63, 3.8) is 0 Å². The molecule has 0 aliphatic rings. The minimum absolute atomic E-state index is 0.166. The van der Waals surface area contributed by atoms with E-state index in [1.165, 1.54) is 22.6 Å². The van der Waals surface area contributed by atoms with E-state index in [2.05, 4.69) is 4.98 Å². The van der Waals surface area contributed by atoms with Gasteiger partial charge in [0.15, 0.2) is 0 Å². The standard InChI is InChI=1S/C8H6F5IN2/c9-6(10)3-1-4(8(11,12)13)5(2-15)16-7(3)14/h1,6H,2,15H2. The third-order valence-electron chi connectivity index (χ3n) is 1.82. The minimum Gasteiger partial charge on any atom is -0.325 e. The molecule has 0 radical (unpaired) electrons. The fourth-order valence-electron chi connectivity index (χ4n) is 1.10. The van der Waals surface area contributed by atoms with E-state index in [0.29, 0.717) is 6.07 Å². The quantitative estimate of drug-likeness (QED) is 0.505. The van der Waals surface area contributed by atoms with Crippen molar-refractivity contribution in [3.05, 3.63) is 26.6 Å². The molecule has 0 atom stereocenters. The van der Waals surface area contributed by atoms with Crippen LogP contribution in [0.15, 0.2) is 6.07 Å². The average Bonchev–Trinajstić information content (AvgIpc) is 2.14. The molecule has 2 N–H and O–H groups in total. The van der Waals surface area contributed by atoms with Crippen LogP contribution in [0.5, 0.6) is 0 Å². The zero-order chi connectivity index (χ0) is 12.5. The number of aromatic nitrogens is 1. The summed E-state index contributed by atoms with van der Waals surface area (Å²) >= 11 is 1.46. The van der Waals surface area contributed by atoms with Gasteiger partial charge in [-0.05, 0) is 28.7 Å². The Balaban J connectivity index is 3.41. The van der Waals surface area contributed by atoms with Gasteiger partial charge >= 0.3 is 6.18 Å². The van der Waals surface area contributed by atoms with Gasteiger partial charge in [0.05, 0.1) is 16.8 Å². The summed E-state index contributed by atoms with van der Waals surface area (Å²) < 4.78 is 62.0. The molecule has 8 heteroatoms. The summed E-state index contributed by atoms with van der Waals surface area (Å²) in [6, 6.07) is 0.404. The molecule has 1 heterocycles. The number of nitrogens with zero attached hydrogens (tertiary/aromatic N) is 1. The molecule has 0 fully saturated rings. The number of hydrogen-bond donors (Lipinski definition) is 1. The molecule has 1 aromatic rings. The first kappa shape index (κ1) is 13.6. The molecule has 0 saturated carbocycles. The molecule has 1 rings (SSSR count). The number of pyridine rings is 1. The van der Waals surface area contributed by atoms with Gasteiger partial charge in [-0.2, -0.15) is 13.2 Å². The van der Waals surface area contributed by atoms with Gasteiger partial charge in [0.25, 0.3) is 6.43 Å². The monoisotopic (exact) mass is 352 g/mol. The first-order valence-corrected chi connectivity index (χ1v) is 5.10. The lowest BCUT2D eigenvalue weighted by atomic mass is 10.1. The maximum Gasteiger partial charge on any atom is 0.418 e. The zero-order valence-electron chi connectivity index (χ0n) is 7.65. The molecule has 0 aromatic carbocycles. The van der Waals surface area contributed by atoms with Crippen LogP contribution in [0, 0.1) is 3.70 Å². The smallest absolute Gasteiger partial charge is 0.325 e. The van der Waals surface area contributed by atoms with Crippen molar-refractivity contribution in [2.45, 2.75) is 19.1 Å². The molecular weight excluding hydrogens is 346 g/mol. The zero-order valence-corrected chi connectivity index (χ0v) is 9.81. The van der Waals surface area contributed by atoms with E-state index in [9.17, 15) is 22.0 Å². The lowest BCUT2D eigenvalue weighted by Crippen LogP contribution is -2.16. The van der Waals surface area contributed by atoms with Crippen LogP contribution in [0.1, 0.15) is 23.2 Å². The molecule has 0 aliphatic carbocycles. The lowest BCUT2D eigenvalue weighted by Gasteiger charge is -2.13. The molecule has 90 valence electrons. The number of hydrogen-bond acceptors (Lipinski definition) is 2. The van der Waals surface area contributed by atoms with Crippen molar-refractivity contribution in [3.8, 4) is 0 Å². The van der Waals surface area contributed by atoms with Crippen molar-refractivity contribution in [2.24, 2.45) is 5.73 Å². The molecular formula is C8H6F5IN2. The van der Waals surface area contributed by atoms with Crippen LogP contribution in [-0.2, 0) is 12.7 Å². The van der Waals surface area contributed by atoms with Crippen molar-refractivity contribution >= 4 is 22.6 Å². The number of halogens is 6. The number of rotatable bonds is 2. The highest BCUT2D eigenvalue weighted by molar-refractivity contribution is 14.1. The Morgan fingerprint density at radius 2 is 1.94 bits per heavy atom. The van der Waals surface area contributed by atoms with Gasteiger partial charge < -0.3 is 5.73 Å². The Kier molecular flexibility index (Phi) is 4.05. The van der Waals surface area contributed by atoms with E-state index >= 15 is 0 Å². The Morgan fingerprint density at radius 3 is 2.31 bits per heavy atom. The van der Waals surface area contributed by atoms with E-state index in [0.717, 1.165) is 0 Å². The van der Waals surface area contributed by atoms with Gasteiger partial charge in [-0.25, -0.2) is 13.8 Å². The Morgan fingerprint density at radius 1 is 1.38 bits per heavy atom. The molecule has 0 saturated heterocycles. The van der Waals surface area contributed by atoms with Crippen molar-refractivity contribution < 1.29 is 22.0 Å². The average molecular weight is 352 g/mol. The molecule has 1 aromatic heterocycles. The molecule has 0 unspecified atom stereocenters. The second-order valence-electron chi connectivity index (χ2n) is 2.87. The SMILES string of the molecule is NCc1nc(I)c(C(F)F)cc1C(F)(F)F. The first-order chi connectivity index (χ1) is 7.27. The Hall–Kier alpha value is -0.510. The lowest BCUT2D eigenvalue weighted by molar-refractivity contribution is -0.138. The van der Waals surface area contributed by atoms with Crippen LogP contribution >= 0.6 is 22.6 Å². The number of alkyl halides is 5. The summed E-state index contributed by atoms with van der Waals surface area (Å²) in [5.41, 5.74) is 2.73. The van der Waals surface area contributed by atoms with E-state index in [1.54, 1.807) is 0 Å². The van der Waals surface area contributed by atoms with Gasteiger partial charge in [-0.3, -0.25) is 0 Å². The summed E-state index contributed by atoms with van der Waals surface area (Å²) in [5, 5.41) is 0. The largest absolute Gasteiger partial charge is 0.418 e. The molecule has 0 amide bonds. The van der Waals surface area contributed by atoms with Crippen molar-refractivity contribution in [1.29, 1.82) is 0 Å². The van der Waals surface area contributed by atoms with E-state index in [-0.39, 0.29) is 3.70 Å². The Bertz CT molecular complexity index is 391. The molecule has 16 heavy (non-hydrogen) atoms. The summed E-state index contributed by atoms with van der Waals surface area (Å²) in [7, 11) is 0. The maximum absolute atomic E-state index is 12.5. The van der Waals surface area contributed by atoms with Crippen LogP contribution in [0.25, 0.3) is 0 Å². The van der Waals surface area contributed by atoms with Crippen molar-refractivity contribution in [2.75, 3.05) is 0 Å². The van der Waals surface area contributed by atoms with Crippen LogP contribution in [0.4, 0.5) is 22.0 Å². The maximum atomic E-state index is 12.5. The fourth-order valence-corrected chi connectivity index (χ4v) is 1.78. The summed E-state index contributed by atoms with van der Waals surface area (Å²) in [4.78, 5) is 3.44. The topological polar surface area (TPSA) is 38.9 Å². The van der Waals surface area contributed by atoms with Gasteiger partial charge in [0.2, 0.25) is 0 Å². The summed E-state index contributed by atoms with van der Waals surface area (Å²) in [6.45, 7) is -0.450. The second-order valence-corrected chi connectivity index (χ2v) is 3.89. The first-order valence-electron chi connectivity index (χ1n) is 4.02. The van der Waals surface area contributed by atoms with Gasteiger partial charge in [0.1, 0.15) is 3.70 Å². The second kappa shape index (κ2) is 4.78. The normalized spacial score (nSPS) is 12.2. The van der Waals surface area contributed by atoms with E-state index < -0.39 is 36.0 Å². The third-order valence-corrected chi connectivity index (χ3v) is 2.68. The van der Waals surface area contributed by atoms with E-state index in [4.69, 9.17) is 5.73 Å². The molecule has 0 spiro atoms. The van der Waals surface area contributed by atoms with Crippen molar-refractivity contribution in [1.82, 2.24) is 4.98 Å². The van der Waals surface area contributed by atoms with Gasteiger partial charge in [-0.1, -0.05) is 0 Å².